The Morgan fingerprint density at radius 3 is 2.63 bits per heavy atom. The maximum atomic E-state index is 13.3. The fourth-order valence-corrected chi connectivity index (χ4v) is 3.51. The van der Waals surface area contributed by atoms with Gasteiger partial charge in [-0.1, -0.05) is 47.6 Å². The lowest BCUT2D eigenvalue weighted by Crippen LogP contribution is -2.39. The second-order valence-electron chi connectivity index (χ2n) is 6.80. The van der Waals surface area contributed by atoms with Crippen molar-refractivity contribution in [2.75, 3.05) is 6.61 Å². The molecule has 140 valence electrons. The zero-order valence-corrected chi connectivity index (χ0v) is 14.8. The van der Waals surface area contributed by atoms with Crippen molar-refractivity contribution in [3.05, 3.63) is 71.5 Å². The van der Waals surface area contributed by atoms with Crippen molar-refractivity contribution in [1.82, 2.24) is 5.32 Å². The number of rotatable bonds is 5. The van der Waals surface area contributed by atoms with Crippen molar-refractivity contribution in [3.8, 4) is 0 Å². The topological polar surface area (TPSA) is 59.9 Å². The quantitative estimate of drug-likeness (QED) is 0.876. The Balaban J connectivity index is 1.46. The van der Waals surface area contributed by atoms with Gasteiger partial charge in [0.15, 0.2) is 6.10 Å². The molecule has 27 heavy (non-hydrogen) atoms. The van der Waals surface area contributed by atoms with E-state index in [9.17, 15) is 9.18 Å². The summed E-state index contributed by atoms with van der Waals surface area (Å²) in [7, 11) is 0. The maximum Gasteiger partial charge on any atom is 0.269 e. The van der Waals surface area contributed by atoms with Crippen LogP contribution in [-0.2, 0) is 14.4 Å². The van der Waals surface area contributed by atoms with Gasteiger partial charge in [-0.25, -0.2) is 4.39 Å². The minimum atomic E-state index is -0.348. The van der Waals surface area contributed by atoms with Crippen LogP contribution in [0.2, 0.25) is 0 Å². The van der Waals surface area contributed by atoms with E-state index in [2.05, 4.69) is 10.5 Å². The molecule has 0 bridgehead atoms. The molecule has 2 aromatic carbocycles. The van der Waals surface area contributed by atoms with E-state index in [1.165, 1.54) is 12.1 Å². The Morgan fingerprint density at radius 1 is 1.15 bits per heavy atom. The molecule has 2 heterocycles. The summed E-state index contributed by atoms with van der Waals surface area (Å²) in [6.45, 7) is 0.665. The molecule has 1 saturated heterocycles. The van der Waals surface area contributed by atoms with Crippen LogP contribution < -0.4 is 5.32 Å². The number of nitrogens with zero attached hydrogens (tertiary/aromatic N) is 1. The van der Waals surface area contributed by atoms with Crippen molar-refractivity contribution in [1.29, 1.82) is 0 Å². The first-order chi connectivity index (χ1) is 13.2. The van der Waals surface area contributed by atoms with Gasteiger partial charge in [0.05, 0.1) is 12.1 Å². The van der Waals surface area contributed by atoms with Gasteiger partial charge in [0.1, 0.15) is 11.5 Å². The van der Waals surface area contributed by atoms with Gasteiger partial charge >= 0.3 is 0 Å². The molecule has 2 aliphatic rings. The van der Waals surface area contributed by atoms with E-state index in [1.54, 1.807) is 12.1 Å². The number of benzene rings is 2. The molecule has 1 amide bonds. The predicted molar refractivity (Wildman–Crippen MR) is 98.6 cm³/mol. The van der Waals surface area contributed by atoms with Crippen LogP contribution in [0, 0.1) is 5.82 Å². The third-order valence-corrected chi connectivity index (χ3v) is 4.95. The lowest BCUT2D eigenvalue weighted by Gasteiger charge is -2.24. The third-order valence-electron chi connectivity index (χ3n) is 4.95. The summed E-state index contributed by atoms with van der Waals surface area (Å²) in [4.78, 5) is 18.2. The average Bonchev–Trinajstić information content (AvgIpc) is 3.40. The molecule has 3 atom stereocenters. The fraction of sp³-hybridized carbons (Fsp3) is 0.333. The van der Waals surface area contributed by atoms with Crippen LogP contribution in [0.4, 0.5) is 4.39 Å². The Morgan fingerprint density at radius 2 is 1.93 bits per heavy atom. The van der Waals surface area contributed by atoms with Crippen LogP contribution >= 0.6 is 0 Å². The van der Waals surface area contributed by atoms with Crippen LogP contribution in [0.15, 0.2) is 59.8 Å². The van der Waals surface area contributed by atoms with Gasteiger partial charge < -0.3 is 14.9 Å². The largest absolute Gasteiger partial charge is 0.387 e. The molecule has 4 rings (SSSR count). The highest BCUT2D eigenvalue weighted by atomic mass is 19.1. The number of oxime groups is 1. The molecule has 2 aliphatic heterocycles. The molecule has 1 N–H and O–H groups in total. The lowest BCUT2D eigenvalue weighted by atomic mass is 9.98. The van der Waals surface area contributed by atoms with E-state index >= 15 is 0 Å². The molecule has 2 aromatic rings. The van der Waals surface area contributed by atoms with Gasteiger partial charge in [0.2, 0.25) is 0 Å². The van der Waals surface area contributed by atoms with Crippen LogP contribution in [0.5, 0.6) is 0 Å². The second-order valence-corrected chi connectivity index (χ2v) is 6.80. The molecule has 0 spiro atoms. The van der Waals surface area contributed by atoms with E-state index in [0.717, 1.165) is 24.0 Å². The van der Waals surface area contributed by atoms with E-state index in [-0.39, 0.29) is 30.0 Å². The average molecular weight is 368 g/mol. The lowest BCUT2D eigenvalue weighted by molar-refractivity contribution is -0.116. The number of hydrogen-bond acceptors (Lipinski definition) is 4. The summed E-state index contributed by atoms with van der Waals surface area (Å²) in [6, 6.07) is 15.5. The minimum Gasteiger partial charge on any atom is -0.387 e. The number of carbonyl (C=O) groups is 1. The SMILES string of the molecule is O=C(N[C@H](c1ccc(F)cc1)[C@@H]1CCCO1)C1=NO[C@H](c2ccccc2)C1. The number of hydrogen-bond donors (Lipinski definition) is 1. The molecule has 0 saturated carbocycles. The third kappa shape index (κ3) is 4.01. The molecule has 0 unspecified atom stereocenters. The molecule has 1 fully saturated rings. The molecular formula is C21H21FN2O3. The molecule has 5 nitrogen and oxygen atoms in total. The Kier molecular flexibility index (Phi) is 5.16. The zero-order chi connectivity index (χ0) is 18.6. The highest BCUT2D eigenvalue weighted by molar-refractivity contribution is 6.39. The monoisotopic (exact) mass is 368 g/mol. The van der Waals surface area contributed by atoms with E-state index in [4.69, 9.17) is 9.57 Å². The van der Waals surface area contributed by atoms with Crippen LogP contribution in [-0.4, -0.2) is 24.3 Å². The van der Waals surface area contributed by atoms with Crippen molar-refractivity contribution in [2.24, 2.45) is 5.16 Å². The molecule has 6 heteroatoms. The highest BCUT2D eigenvalue weighted by Gasteiger charge is 2.33. The Labute approximate surface area is 157 Å². The standard InChI is InChI=1S/C21H21FN2O3/c22-16-10-8-15(9-11-16)20(18-7-4-12-26-18)23-21(25)17-13-19(27-24-17)14-5-2-1-3-6-14/h1-3,5-6,8-11,18-20H,4,7,12-13H2,(H,23,25)/t18-,19-,20+/m0/s1. The van der Waals surface area contributed by atoms with Gasteiger partial charge in [-0.3, -0.25) is 4.79 Å². The van der Waals surface area contributed by atoms with Crippen LogP contribution in [0.1, 0.15) is 42.5 Å². The molecule has 0 aliphatic carbocycles. The van der Waals surface area contributed by atoms with Crippen molar-refractivity contribution in [2.45, 2.75) is 37.5 Å². The van der Waals surface area contributed by atoms with Crippen molar-refractivity contribution < 1.29 is 18.8 Å². The van der Waals surface area contributed by atoms with Gasteiger partial charge in [-0.05, 0) is 36.1 Å². The predicted octanol–water partition coefficient (Wildman–Crippen LogP) is 3.68. The second kappa shape index (κ2) is 7.88. The first-order valence-electron chi connectivity index (χ1n) is 9.16. The van der Waals surface area contributed by atoms with Gasteiger partial charge in [0.25, 0.3) is 5.91 Å². The smallest absolute Gasteiger partial charge is 0.269 e. The van der Waals surface area contributed by atoms with Crippen molar-refractivity contribution in [3.63, 3.8) is 0 Å². The van der Waals surface area contributed by atoms with Gasteiger partial charge in [-0.15, -0.1) is 0 Å². The van der Waals surface area contributed by atoms with Crippen molar-refractivity contribution >= 4 is 11.6 Å². The summed E-state index contributed by atoms with van der Waals surface area (Å²) in [5.41, 5.74) is 2.16. The van der Waals surface area contributed by atoms with Gasteiger partial charge in [0, 0.05) is 13.0 Å². The van der Waals surface area contributed by atoms with Gasteiger partial charge in [-0.2, -0.15) is 0 Å². The van der Waals surface area contributed by atoms with Crippen LogP contribution in [0.3, 0.4) is 0 Å². The number of nitrogens with one attached hydrogen (secondary N) is 1. The number of carbonyl (C=O) groups excluding carboxylic acids is 1. The molecule has 0 radical (unpaired) electrons. The normalized spacial score (nSPS) is 22.8. The Bertz CT molecular complexity index is 817. The summed E-state index contributed by atoms with van der Waals surface area (Å²) in [5, 5.41) is 7.00. The Hall–Kier alpha value is -2.73. The minimum absolute atomic E-state index is 0.132. The van der Waals surface area contributed by atoms with E-state index in [1.807, 2.05) is 30.3 Å². The maximum absolute atomic E-state index is 13.3. The zero-order valence-electron chi connectivity index (χ0n) is 14.8. The van der Waals surface area contributed by atoms with Crippen LogP contribution in [0.25, 0.3) is 0 Å². The summed E-state index contributed by atoms with van der Waals surface area (Å²) in [5.74, 6) is -0.589. The molecule has 0 aromatic heterocycles. The molecular weight excluding hydrogens is 347 g/mol. The summed E-state index contributed by atoms with van der Waals surface area (Å²) in [6.07, 6.45) is 1.82. The summed E-state index contributed by atoms with van der Waals surface area (Å²) >= 11 is 0. The first-order valence-corrected chi connectivity index (χ1v) is 9.16. The fourth-order valence-electron chi connectivity index (χ4n) is 3.51. The number of amides is 1. The van der Waals surface area contributed by atoms with E-state index in [0.29, 0.717) is 18.7 Å². The number of halogens is 1. The van der Waals surface area contributed by atoms with E-state index < -0.39 is 0 Å². The first kappa shape index (κ1) is 17.7. The highest BCUT2D eigenvalue weighted by Crippen LogP contribution is 2.29. The number of ether oxygens (including phenoxy) is 1. The summed E-state index contributed by atoms with van der Waals surface area (Å²) < 4.78 is 19.1.